The van der Waals surface area contributed by atoms with Gasteiger partial charge in [0.2, 0.25) is 0 Å². The van der Waals surface area contributed by atoms with Crippen LogP contribution in [0, 0.1) is 17.8 Å². The molecule has 0 aromatic heterocycles. The Morgan fingerprint density at radius 3 is 2.54 bits per heavy atom. The summed E-state index contributed by atoms with van der Waals surface area (Å²) >= 11 is 0. The summed E-state index contributed by atoms with van der Waals surface area (Å²) in [7, 11) is 0. The normalized spacial score (nSPS) is 22.8. The van der Waals surface area contributed by atoms with Crippen molar-refractivity contribution in [1.82, 2.24) is 5.48 Å². The van der Waals surface area contributed by atoms with Gasteiger partial charge in [0.25, 0.3) is 0 Å². The van der Waals surface area contributed by atoms with Crippen LogP contribution in [0.3, 0.4) is 0 Å². The van der Waals surface area contributed by atoms with Crippen molar-refractivity contribution in [3.63, 3.8) is 0 Å². The number of nitrogens with one attached hydrogen (secondary N) is 1. The number of nitrogens with zero attached hydrogens (tertiary/aromatic N) is 1. The zero-order valence-corrected chi connectivity index (χ0v) is 17.3. The third kappa shape index (κ3) is 7.26. The molecule has 2 atom stereocenters. The molecular formula is C21H38N2O3. The molecule has 5 heteroatoms. The molecule has 2 aliphatic rings. The molecular weight excluding hydrogens is 328 g/mol. The van der Waals surface area contributed by atoms with Gasteiger partial charge >= 0.3 is 5.97 Å². The molecule has 1 unspecified atom stereocenters. The van der Waals surface area contributed by atoms with Gasteiger partial charge in [-0.2, -0.15) is 0 Å². The number of hydrogen-bond acceptors (Lipinski definition) is 5. The summed E-state index contributed by atoms with van der Waals surface area (Å²) in [5.74, 6) is 1.94. The smallest absolute Gasteiger partial charge is 0.306 e. The lowest BCUT2D eigenvalue weighted by molar-refractivity contribution is -0.157. The summed E-state index contributed by atoms with van der Waals surface area (Å²) in [5, 5.41) is 0. The molecule has 1 fully saturated rings. The molecule has 1 N–H and O–H groups in total. The molecule has 1 aliphatic carbocycles. The molecule has 0 amide bonds. The van der Waals surface area contributed by atoms with Gasteiger partial charge in [0.1, 0.15) is 11.4 Å². The molecule has 0 aromatic rings. The molecule has 0 aromatic carbocycles. The van der Waals surface area contributed by atoms with Crippen molar-refractivity contribution in [2.45, 2.75) is 104 Å². The third-order valence-corrected chi connectivity index (χ3v) is 5.26. The van der Waals surface area contributed by atoms with E-state index < -0.39 is 5.60 Å². The number of carbonyl (C=O) groups excluding carboxylic acids is 1. The van der Waals surface area contributed by atoms with Crippen molar-refractivity contribution in [1.29, 1.82) is 0 Å². The largest absolute Gasteiger partial charge is 0.460 e. The maximum Gasteiger partial charge on any atom is 0.306 e. The number of aliphatic imine (C=N–C) groups is 1. The fourth-order valence-corrected chi connectivity index (χ4v) is 3.87. The summed E-state index contributed by atoms with van der Waals surface area (Å²) < 4.78 is 5.53. The highest BCUT2D eigenvalue weighted by atomic mass is 16.7. The van der Waals surface area contributed by atoms with Gasteiger partial charge in [-0.25, -0.2) is 9.83 Å². The molecule has 1 aliphatic heterocycles. The Labute approximate surface area is 159 Å². The van der Waals surface area contributed by atoms with Crippen molar-refractivity contribution in [3.05, 3.63) is 0 Å². The first-order valence-corrected chi connectivity index (χ1v) is 10.5. The maximum atomic E-state index is 12.4. The topological polar surface area (TPSA) is 59.9 Å². The maximum absolute atomic E-state index is 12.4. The minimum atomic E-state index is -0.453. The first kappa shape index (κ1) is 21.2. The molecule has 26 heavy (non-hydrogen) atoms. The number of ether oxygens (including phenoxy) is 1. The lowest BCUT2D eigenvalue weighted by atomic mass is 9.84. The Morgan fingerprint density at radius 2 is 1.96 bits per heavy atom. The van der Waals surface area contributed by atoms with Crippen LogP contribution in [0.15, 0.2) is 4.99 Å². The van der Waals surface area contributed by atoms with Crippen LogP contribution in [-0.4, -0.2) is 23.6 Å². The van der Waals surface area contributed by atoms with Gasteiger partial charge in [-0.1, -0.05) is 58.8 Å². The first-order chi connectivity index (χ1) is 12.2. The second-order valence-electron chi connectivity index (χ2n) is 9.27. The lowest BCUT2D eigenvalue weighted by Crippen LogP contribution is -2.30. The molecule has 5 nitrogen and oxygen atoms in total. The summed E-state index contributed by atoms with van der Waals surface area (Å²) in [6.45, 7) is 9.90. The van der Waals surface area contributed by atoms with Crippen molar-refractivity contribution in [2.24, 2.45) is 22.7 Å². The Hall–Kier alpha value is -1.10. The predicted octanol–water partition coefficient (Wildman–Crippen LogP) is 5.00. The fraction of sp³-hybridized carbons (Fsp3) is 0.905. The highest BCUT2D eigenvalue weighted by Crippen LogP contribution is 2.31. The highest BCUT2D eigenvalue weighted by Gasteiger charge is 2.31. The van der Waals surface area contributed by atoms with Gasteiger partial charge in [-0.3, -0.25) is 10.3 Å². The minimum Gasteiger partial charge on any atom is -0.460 e. The van der Waals surface area contributed by atoms with E-state index in [1.165, 1.54) is 38.5 Å². The molecule has 1 saturated carbocycles. The molecule has 0 radical (unpaired) electrons. The quantitative estimate of drug-likeness (QED) is 0.614. The van der Waals surface area contributed by atoms with Crippen LogP contribution in [0.1, 0.15) is 92.4 Å². The van der Waals surface area contributed by atoms with E-state index in [2.05, 4.69) is 24.3 Å². The van der Waals surface area contributed by atoms with Crippen LogP contribution < -0.4 is 5.48 Å². The molecule has 0 spiro atoms. The number of hydrogen-bond donors (Lipinski definition) is 1. The zero-order chi connectivity index (χ0) is 19.2. The third-order valence-electron chi connectivity index (χ3n) is 5.26. The van der Waals surface area contributed by atoms with Gasteiger partial charge in [0, 0.05) is 11.8 Å². The van der Waals surface area contributed by atoms with Gasteiger partial charge < -0.3 is 4.74 Å². The second-order valence-corrected chi connectivity index (χ2v) is 9.27. The van der Waals surface area contributed by atoms with Crippen molar-refractivity contribution in [3.8, 4) is 0 Å². The second kappa shape index (κ2) is 9.72. The summed E-state index contributed by atoms with van der Waals surface area (Å²) in [6.07, 6.45) is 10.3. The molecule has 2 rings (SSSR count). The van der Waals surface area contributed by atoms with Crippen LogP contribution in [0.5, 0.6) is 0 Å². The van der Waals surface area contributed by atoms with Crippen molar-refractivity contribution >= 4 is 11.8 Å². The van der Waals surface area contributed by atoms with Gasteiger partial charge in [0.05, 0.1) is 6.42 Å². The molecule has 150 valence electrons. The summed E-state index contributed by atoms with van der Waals surface area (Å²) in [4.78, 5) is 22.7. The summed E-state index contributed by atoms with van der Waals surface area (Å²) in [5.41, 5.74) is 2.49. The monoisotopic (exact) mass is 366 g/mol. The fourth-order valence-electron chi connectivity index (χ4n) is 3.87. The molecule has 0 bridgehead atoms. The Balaban J connectivity index is 1.91. The van der Waals surface area contributed by atoms with E-state index in [0.717, 1.165) is 24.6 Å². The van der Waals surface area contributed by atoms with E-state index in [9.17, 15) is 4.79 Å². The van der Waals surface area contributed by atoms with E-state index in [1.54, 1.807) is 0 Å². The standard InChI is InChI=1S/C21H38N2O3/c1-15(2)19-22-20(26-23-19)17(14-18(24)25-21(3,4)5)13-9-12-16-10-7-6-8-11-16/h15-17,20H,6-14H2,1-5H3,(H,22,23)/t17-,20?/m1/s1. The van der Waals surface area contributed by atoms with E-state index in [0.29, 0.717) is 12.3 Å². The number of rotatable bonds is 8. The lowest BCUT2D eigenvalue weighted by Gasteiger charge is -2.25. The van der Waals surface area contributed by atoms with E-state index in [4.69, 9.17) is 9.57 Å². The van der Waals surface area contributed by atoms with Crippen molar-refractivity contribution < 1.29 is 14.4 Å². The van der Waals surface area contributed by atoms with Crippen molar-refractivity contribution in [2.75, 3.05) is 0 Å². The SMILES string of the molecule is CC(C)C1=NC([C@H](CCCC2CCCCC2)CC(=O)OC(C)(C)C)ON1. The van der Waals surface area contributed by atoms with Crippen LogP contribution in [0.25, 0.3) is 0 Å². The van der Waals surface area contributed by atoms with Gasteiger partial charge in [0.15, 0.2) is 6.23 Å². The molecule has 0 saturated heterocycles. The van der Waals surface area contributed by atoms with Gasteiger partial charge in [-0.05, 0) is 33.1 Å². The van der Waals surface area contributed by atoms with Crippen LogP contribution in [0.2, 0.25) is 0 Å². The number of hydroxylamine groups is 1. The Kier molecular flexibility index (Phi) is 7.93. The number of amidine groups is 1. The zero-order valence-electron chi connectivity index (χ0n) is 17.3. The first-order valence-electron chi connectivity index (χ1n) is 10.5. The minimum absolute atomic E-state index is 0.0668. The number of esters is 1. The Bertz CT molecular complexity index is 476. The average molecular weight is 367 g/mol. The van der Waals surface area contributed by atoms with Crippen LogP contribution >= 0.6 is 0 Å². The van der Waals surface area contributed by atoms with E-state index in [-0.39, 0.29) is 18.1 Å². The van der Waals surface area contributed by atoms with Crippen LogP contribution in [-0.2, 0) is 14.4 Å². The number of carbonyl (C=O) groups is 1. The van der Waals surface area contributed by atoms with E-state index in [1.807, 2.05) is 20.8 Å². The highest BCUT2D eigenvalue weighted by molar-refractivity contribution is 5.84. The summed E-state index contributed by atoms with van der Waals surface area (Å²) in [6, 6.07) is 0. The Morgan fingerprint density at radius 1 is 1.27 bits per heavy atom. The van der Waals surface area contributed by atoms with E-state index >= 15 is 0 Å². The van der Waals surface area contributed by atoms with Gasteiger partial charge in [-0.15, -0.1) is 0 Å². The van der Waals surface area contributed by atoms with Crippen LogP contribution in [0.4, 0.5) is 0 Å². The predicted molar refractivity (Wildman–Crippen MR) is 105 cm³/mol. The average Bonchev–Trinajstić information content (AvgIpc) is 3.03. The molecule has 1 heterocycles.